The second kappa shape index (κ2) is 7.97. The van der Waals surface area contributed by atoms with Crippen molar-refractivity contribution in [3.05, 3.63) is 0 Å². The van der Waals surface area contributed by atoms with Gasteiger partial charge >= 0.3 is 0 Å². The van der Waals surface area contributed by atoms with Crippen LogP contribution in [0, 0.1) is 17.3 Å². The zero-order valence-electron chi connectivity index (χ0n) is 15.0. The number of hydrogen-bond acceptors (Lipinski definition) is 2. The molecule has 0 radical (unpaired) electrons. The second-order valence-electron chi connectivity index (χ2n) is 8.41. The van der Waals surface area contributed by atoms with Crippen LogP contribution >= 0.6 is 0 Å². The lowest BCUT2D eigenvalue weighted by Crippen LogP contribution is -2.52. The van der Waals surface area contributed by atoms with Gasteiger partial charge in [0.2, 0.25) is 0 Å². The summed E-state index contributed by atoms with van der Waals surface area (Å²) in [6, 6.07) is 0.906. The lowest BCUT2D eigenvalue weighted by Gasteiger charge is -2.47. The van der Waals surface area contributed by atoms with E-state index in [0.29, 0.717) is 5.41 Å². The summed E-state index contributed by atoms with van der Waals surface area (Å²) in [6.07, 6.45) is 10.1. The number of piperidine rings is 1. The monoisotopic (exact) mass is 294 g/mol. The van der Waals surface area contributed by atoms with Gasteiger partial charge < -0.3 is 5.32 Å². The van der Waals surface area contributed by atoms with E-state index in [1.165, 1.54) is 64.6 Å². The van der Waals surface area contributed by atoms with E-state index >= 15 is 0 Å². The lowest BCUT2D eigenvalue weighted by molar-refractivity contribution is 0.0264. The number of hydrogen-bond donors (Lipinski definition) is 1. The molecule has 0 aromatic rings. The van der Waals surface area contributed by atoms with Crippen LogP contribution in [0.2, 0.25) is 0 Å². The van der Waals surface area contributed by atoms with Crippen molar-refractivity contribution in [3.63, 3.8) is 0 Å². The van der Waals surface area contributed by atoms with E-state index in [4.69, 9.17) is 0 Å². The standard InChI is InChI=1S/C19H38N2/c1-5-19(4,14-20-13-16(2)3)15-21-12-8-10-17-9-6-7-11-18(17)21/h16-18,20H,5-15H2,1-4H3/t17-,18-,19?/m1/s1. The zero-order valence-corrected chi connectivity index (χ0v) is 15.0. The van der Waals surface area contributed by atoms with Crippen LogP contribution in [0.3, 0.4) is 0 Å². The first-order valence-corrected chi connectivity index (χ1v) is 9.49. The molecule has 2 rings (SSSR count). The minimum atomic E-state index is 0.439. The molecular weight excluding hydrogens is 256 g/mol. The number of rotatable bonds is 7. The Morgan fingerprint density at radius 2 is 1.86 bits per heavy atom. The molecule has 1 unspecified atom stereocenters. The van der Waals surface area contributed by atoms with E-state index < -0.39 is 0 Å². The topological polar surface area (TPSA) is 15.3 Å². The van der Waals surface area contributed by atoms with Crippen molar-refractivity contribution in [1.29, 1.82) is 0 Å². The van der Waals surface area contributed by atoms with Gasteiger partial charge in [0, 0.05) is 19.1 Å². The highest BCUT2D eigenvalue weighted by atomic mass is 15.2. The van der Waals surface area contributed by atoms with Crippen molar-refractivity contribution in [2.24, 2.45) is 17.3 Å². The minimum absolute atomic E-state index is 0.439. The highest BCUT2D eigenvalue weighted by Gasteiger charge is 2.36. The predicted molar refractivity (Wildman–Crippen MR) is 92.7 cm³/mol. The molecule has 3 atom stereocenters. The maximum absolute atomic E-state index is 3.71. The Hall–Kier alpha value is -0.0800. The highest BCUT2D eigenvalue weighted by molar-refractivity contribution is 4.90. The molecule has 0 spiro atoms. The molecule has 1 heterocycles. The van der Waals surface area contributed by atoms with Crippen molar-refractivity contribution in [2.45, 2.75) is 78.7 Å². The SMILES string of the molecule is CCC(C)(CNCC(C)C)CN1CCC[C@H]2CCCC[C@H]21. The van der Waals surface area contributed by atoms with E-state index in [0.717, 1.165) is 24.4 Å². The maximum Gasteiger partial charge on any atom is 0.0124 e. The fraction of sp³-hybridized carbons (Fsp3) is 1.00. The predicted octanol–water partition coefficient (Wildman–Crippen LogP) is 4.30. The van der Waals surface area contributed by atoms with Gasteiger partial charge in [-0.3, -0.25) is 4.90 Å². The Morgan fingerprint density at radius 1 is 1.14 bits per heavy atom. The van der Waals surface area contributed by atoms with Crippen molar-refractivity contribution < 1.29 is 0 Å². The summed E-state index contributed by atoms with van der Waals surface area (Å²) >= 11 is 0. The number of nitrogens with one attached hydrogen (secondary N) is 1. The Labute approximate surface area is 133 Å². The van der Waals surface area contributed by atoms with Gasteiger partial charge in [-0.1, -0.05) is 40.5 Å². The third-order valence-corrected chi connectivity index (χ3v) is 5.90. The van der Waals surface area contributed by atoms with Crippen molar-refractivity contribution in [3.8, 4) is 0 Å². The van der Waals surface area contributed by atoms with E-state index in [-0.39, 0.29) is 0 Å². The summed E-state index contributed by atoms with van der Waals surface area (Å²) in [6.45, 7) is 14.4. The van der Waals surface area contributed by atoms with E-state index in [1.807, 2.05) is 0 Å². The largest absolute Gasteiger partial charge is 0.316 e. The summed E-state index contributed by atoms with van der Waals surface area (Å²) in [5, 5.41) is 3.71. The molecule has 1 N–H and O–H groups in total. The number of likely N-dealkylation sites (tertiary alicyclic amines) is 1. The molecule has 1 saturated heterocycles. The van der Waals surface area contributed by atoms with Crippen LogP contribution in [0.15, 0.2) is 0 Å². The molecule has 21 heavy (non-hydrogen) atoms. The Bertz CT molecular complexity index is 300. The number of fused-ring (bicyclic) bond motifs is 1. The summed E-state index contributed by atoms with van der Waals surface area (Å²) < 4.78 is 0. The fourth-order valence-electron chi connectivity index (χ4n) is 4.37. The first-order chi connectivity index (χ1) is 10.0. The van der Waals surface area contributed by atoms with Crippen LogP contribution in [0.4, 0.5) is 0 Å². The molecule has 1 saturated carbocycles. The summed E-state index contributed by atoms with van der Waals surface area (Å²) in [5.74, 6) is 1.76. The minimum Gasteiger partial charge on any atom is -0.316 e. The summed E-state index contributed by atoms with van der Waals surface area (Å²) in [7, 11) is 0. The molecule has 2 aliphatic rings. The van der Waals surface area contributed by atoms with Crippen LogP contribution in [-0.4, -0.2) is 37.1 Å². The van der Waals surface area contributed by atoms with Gasteiger partial charge in [-0.25, -0.2) is 0 Å². The molecule has 0 aromatic carbocycles. The maximum atomic E-state index is 3.71. The molecule has 124 valence electrons. The first-order valence-electron chi connectivity index (χ1n) is 9.49. The lowest BCUT2D eigenvalue weighted by atomic mass is 9.76. The Kier molecular flexibility index (Phi) is 6.55. The van der Waals surface area contributed by atoms with Crippen LogP contribution in [0.5, 0.6) is 0 Å². The van der Waals surface area contributed by atoms with Crippen molar-refractivity contribution in [2.75, 3.05) is 26.2 Å². The van der Waals surface area contributed by atoms with Crippen molar-refractivity contribution in [1.82, 2.24) is 10.2 Å². The van der Waals surface area contributed by atoms with Crippen LogP contribution in [-0.2, 0) is 0 Å². The molecule has 0 bridgehead atoms. The van der Waals surface area contributed by atoms with E-state index in [1.54, 1.807) is 0 Å². The fourth-order valence-corrected chi connectivity index (χ4v) is 4.37. The van der Waals surface area contributed by atoms with Gasteiger partial charge in [0.15, 0.2) is 0 Å². The van der Waals surface area contributed by atoms with Crippen LogP contribution in [0.25, 0.3) is 0 Å². The highest BCUT2D eigenvalue weighted by Crippen LogP contribution is 2.37. The average molecular weight is 295 g/mol. The number of nitrogens with zero attached hydrogens (tertiary/aromatic N) is 1. The van der Waals surface area contributed by atoms with Gasteiger partial charge in [-0.05, 0) is 62.4 Å². The Balaban J connectivity index is 1.89. The van der Waals surface area contributed by atoms with E-state index in [9.17, 15) is 0 Å². The molecule has 1 aliphatic carbocycles. The average Bonchev–Trinajstić information content (AvgIpc) is 2.47. The molecule has 2 fully saturated rings. The molecule has 0 aromatic heterocycles. The van der Waals surface area contributed by atoms with Crippen molar-refractivity contribution >= 4 is 0 Å². The molecule has 0 amide bonds. The normalized spacial score (nSPS) is 30.1. The molecule has 1 aliphatic heterocycles. The van der Waals surface area contributed by atoms with Gasteiger partial charge in [0.05, 0.1) is 0 Å². The smallest absolute Gasteiger partial charge is 0.0124 e. The Morgan fingerprint density at radius 3 is 2.57 bits per heavy atom. The van der Waals surface area contributed by atoms with Gasteiger partial charge in [0.1, 0.15) is 0 Å². The molecule has 2 heteroatoms. The summed E-state index contributed by atoms with van der Waals surface area (Å²) in [5.41, 5.74) is 0.439. The summed E-state index contributed by atoms with van der Waals surface area (Å²) in [4.78, 5) is 2.87. The molecule has 2 nitrogen and oxygen atoms in total. The van der Waals surface area contributed by atoms with Gasteiger partial charge in [-0.2, -0.15) is 0 Å². The van der Waals surface area contributed by atoms with Gasteiger partial charge in [0.25, 0.3) is 0 Å². The molecular formula is C19H38N2. The third kappa shape index (κ3) is 4.96. The van der Waals surface area contributed by atoms with Crippen LogP contribution in [0.1, 0.15) is 72.6 Å². The second-order valence-corrected chi connectivity index (χ2v) is 8.41. The zero-order chi connectivity index (χ0) is 15.3. The third-order valence-electron chi connectivity index (χ3n) is 5.90. The van der Waals surface area contributed by atoms with Crippen LogP contribution < -0.4 is 5.32 Å². The van der Waals surface area contributed by atoms with E-state index in [2.05, 4.69) is 37.9 Å². The quantitative estimate of drug-likeness (QED) is 0.753. The first kappa shape index (κ1) is 17.3. The van der Waals surface area contributed by atoms with Gasteiger partial charge in [-0.15, -0.1) is 0 Å².